The lowest BCUT2D eigenvalue weighted by Gasteiger charge is -2.06. The fourth-order valence-corrected chi connectivity index (χ4v) is 1.83. The number of benzene rings is 1. The van der Waals surface area contributed by atoms with E-state index in [-0.39, 0.29) is 5.56 Å². The largest absolute Gasteiger partial charge is 0.478 e. The van der Waals surface area contributed by atoms with Gasteiger partial charge in [0.05, 0.1) is 5.56 Å². The van der Waals surface area contributed by atoms with E-state index in [1.54, 1.807) is 13.0 Å². The molecule has 0 fully saturated rings. The van der Waals surface area contributed by atoms with Gasteiger partial charge in [0.2, 0.25) is 0 Å². The molecule has 0 aliphatic heterocycles. The minimum absolute atomic E-state index is 0.286. The van der Waals surface area contributed by atoms with Gasteiger partial charge in [-0.1, -0.05) is 30.4 Å². The molecule has 0 atom stereocenters. The minimum Gasteiger partial charge on any atom is -0.478 e. The van der Waals surface area contributed by atoms with Crippen molar-refractivity contribution in [2.45, 2.75) is 6.92 Å². The highest BCUT2D eigenvalue weighted by atomic mass is 32.1. The Morgan fingerprint density at radius 3 is 2.73 bits per heavy atom. The van der Waals surface area contributed by atoms with Crippen LogP contribution in [0.5, 0.6) is 0 Å². The standard InChI is InChI=1S/C11H9NO2S/c1-6-9(11(13)14)7-4-2-3-5-8(7)12-10(6)15/h2-5H,1H3,(H,12,15)(H,13,14). The highest BCUT2D eigenvalue weighted by Gasteiger charge is 2.12. The Kier molecular flexibility index (Phi) is 2.28. The van der Waals surface area contributed by atoms with E-state index >= 15 is 0 Å². The first-order valence-corrected chi connectivity index (χ1v) is 4.87. The van der Waals surface area contributed by atoms with Crippen LogP contribution in [-0.4, -0.2) is 16.1 Å². The predicted octanol–water partition coefficient (Wildman–Crippen LogP) is 2.90. The van der Waals surface area contributed by atoms with Crippen LogP contribution in [0.15, 0.2) is 24.3 Å². The first-order chi connectivity index (χ1) is 7.11. The minimum atomic E-state index is -0.941. The first kappa shape index (κ1) is 9.86. The molecule has 0 aliphatic rings. The Balaban J connectivity index is 3.02. The predicted molar refractivity (Wildman–Crippen MR) is 60.8 cm³/mol. The number of aromatic nitrogens is 1. The molecule has 4 heteroatoms. The van der Waals surface area contributed by atoms with E-state index in [1.165, 1.54) is 0 Å². The Labute approximate surface area is 91.4 Å². The maximum absolute atomic E-state index is 11.1. The third-order valence-corrected chi connectivity index (χ3v) is 2.78. The van der Waals surface area contributed by atoms with Crippen LogP contribution in [-0.2, 0) is 0 Å². The van der Waals surface area contributed by atoms with Crippen molar-refractivity contribution >= 4 is 29.1 Å². The summed E-state index contributed by atoms with van der Waals surface area (Å²) in [5.74, 6) is -0.941. The molecule has 0 saturated carbocycles. The number of hydrogen-bond acceptors (Lipinski definition) is 2. The van der Waals surface area contributed by atoms with Gasteiger partial charge < -0.3 is 10.1 Å². The average molecular weight is 219 g/mol. The van der Waals surface area contributed by atoms with Crippen molar-refractivity contribution in [1.29, 1.82) is 0 Å². The molecule has 1 heterocycles. The number of H-pyrrole nitrogens is 1. The highest BCUT2D eigenvalue weighted by molar-refractivity contribution is 7.71. The molecule has 0 radical (unpaired) electrons. The van der Waals surface area contributed by atoms with Crippen molar-refractivity contribution < 1.29 is 9.90 Å². The molecule has 0 saturated heterocycles. The van der Waals surface area contributed by atoms with Gasteiger partial charge in [0.15, 0.2) is 0 Å². The molecule has 1 aromatic heterocycles. The number of fused-ring (bicyclic) bond motifs is 1. The first-order valence-electron chi connectivity index (χ1n) is 4.46. The summed E-state index contributed by atoms with van der Waals surface area (Å²) in [6.45, 7) is 1.72. The summed E-state index contributed by atoms with van der Waals surface area (Å²) >= 11 is 5.07. The van der Waals surface area contributed by atoms with Crippen molar-refractivity contribution in [1.82, 2.24) is 4.98 Å². The third-order valence-electron chi connectivity index (χ3n) is 2.37. The third kappa shape index (κ3) is 1.53. The van der Waals surface area contributed by atoms with Crippen LogP contribution >= 0.6 is 12.2 Å². The lowest BCUT2D eigenvalue weighted by molar-refractivity contribution is 0.0698. The van der Waals surface area contributed by atoms with E-state index in [9.17, 15) is 4.79 Å². The number of carboxylic acids is 1. The van der Waals surface area contributed by atoms with E-state index in [4.69, 9.17) is 17.3 Å². The van der Waals surface area contributed by atoms with Gasteiger partial charge in [0, 0.05) is 10.9 Å². The van der Waals surface area contributed by atoms with E-state index in [0.717, 1.165) is 5.52 Å². The zero-order chi connectivity index (χ0) is 11.0. The number of carboxylic acid groups (broad SMARTS) is 1. The van der Waals surface area contributed by atoms with Crippen LogP contribution in [0, 0.1) is 11.6 Å². The van der Waals surface area contributed by atoms with Crippen LogP contribution in [0.2, 0.25) is 0 Å². The smallest absolute Gasteiger partial charge is 0.336 e. The number of carbonyl (C=O) groups is 1. The van der Waals surface area contributed by atoms with Gasteiger partial charge in [0.1, 0.15) is 4.64 Å². The highest BCUT2D eigenvalue weighted by Crippen LogP contribution is 2.20. The van der Waals surface area contributed by atoms with Crippen molar-refractivity contribution in [2.24, 2.45) is 0 Å². The molecule has 2 rings (SSSR count). The van der Waals surface area contributed by atoms with Gasteiger partial charge in [-0.25, -0.2) is 4.79 Å². The monoisotopic (exact) mass is 219 g/mol. The van der Waals surface area contributed by atoms with Crippen molar-refractivity contribution in [2.75, 3.05) is 0 Å². The molecule has 15 heavy (non-hydrogen) atoms. The van der Waals surface area contributed by atoms with Crippen molar-refractivity contribution in [3.63, 3.8) is 0 Å². The molecule has 0 aliphatic carbocycles. The summed E-state index contributed by atoms with van der Waals surface area (Å²) in [4.78, 5) is 14.1. The Morgan fingerprint density at radius 1 is 1.40 bits per heavy atom. The summed E-state index contributed by atoms with van der Waals surface area (Å²) < 4.78 is 0.478. The Bertz CT molecular complexity index is 601. The molecular formula is C11H9NO2S. The van der Waals surface area contributed by atoms with E-state index in [0.29, 0.717) is 15.6 Å². The lowest BCUT2D eigenvalue weighted by atomic mass is 10.1. The normalized spacial score (nSPS) is 10.5. The number of pyridine rings is 1. The molecule has 1 aromatic carbocycles. The van der Waals surface area contributed by atoms with E-state index in [2.05, 4.69) is 4.98 Å². The fraction of sp³-hybridized carbons (Fsp3) is 0.0909. The molecule has 0 amide bonds. The molecule has 3 nitrogen and oxygen atoms in total. The van der Waals surface area contributed by atoms with Gasteiger partial charge in [-0.05, 0) is 18.6 Å². The second-order valence-corrected chi connectivity index (χ2v) is 3.71. The zero-order valence-corrected chi connectivity index (χ0v) is 8.89. The molecule has 0 bridgehead atoms. The summed E-state index contributed by atoms with van der Waals surface area (Å²) in [7, 11) is 0. The quantitative estimate of drug-likeness (QED) is 0.725. The van der Waals surface area contributed by atoms with Gasteiger partial charge in [-0.15, -0.1) is 0 Å². The number of hydrogen-bond donors (Lipinski definition) is 2. The number of aromatic amines is 1. The SMILES string of the molecule is Cc1c(C(=O)O)c2ccccc2[nH]c1=S. The molecule has 76 valence electrons. The summed E-state index contributed by atoms with van der Waals surface area (Å²) in [5.41, 5.74) is 1.65. The molecular weight excluding hydrogens is 210 g/mol. The van der Waals surface area contributed by atoms with E-state index < -0.39 is 5.97 Å². The maximum atomic E-state index is 11.1. The Morgan fingerprint density at radius 2 is 2.07 bits per heavy atom. The fourth-order valence-electron chi connectivity index (χ4n) is 1.62. The Hall–Kier alpha value is -1.68. The van der Waals surface area contributed by atoms with E-state index in [1.807, 2.05) is 18.2 Å². The van der Waals surface area contributed by atoms with Crippen molar-refractivity contribution in [3.05, 3.63) is 40.0 Å². The second kappa shape index (κ2) is 3.47. The van der Waals surface area contributed by atoms with Crippen LogP contribution < -0.4 is 0 Å². The van der Waals surface area contributed by atoms with Gasteiger partial charge in [0.25, 0.3) is 0 Å². The second-order valence-electron chi connectivity index (χ2n) is 3.30. The number of rotatable bonds is 1. The molecule has 2 aromatic rings. The van der Waals surface area contributed by atoms with Gasteiger partial charge in [-0.3, -0.25) is 0 Å². The van der Waals surface area contributed by atoms with Crippen LogP contribution in [0.1, 0.15) is 15.9 Å². The van der Waals surface area contributed by atoms with Crippen LogP contribution in [0.25, 0.3) is 10.9 Å². The number of nitrogens with one attached hydrogen (secondary N) is 1. The zero-order valence-electron chi connectivity index (χ0n) is 8.07. The van der Waals surface area contributed by atoms with Crippen LogP contribution in [0.3, 0.4) is 0 Å². The topological polar surface area (TPSA) is 53.1 Å². The van der Waals surface area contributed by atoms with Crippen LogP contribution in [0.4, 0.5) is 0 Å². The number of aromatic carboxylic acids is 1. The molecule has 2 N–H and O–H groups in total. The van der Waals surface area contributed by atoms with Gasteiger partial charge >= 0.3 is 5.97 Å². The summed E-state index contributed by atoms with van der Waals surface area (Å²) in [6.07, 6.45) is 0. The molecule has 0 unspecified atom stereocenters. The average Bonchev–Trinajstić information content (AvgIpc) is 2.19. The summed E-state index contributed by atoms with van der Waals surface area (Å²) in [5, 5.41) is 9.82. The maximum Gasteiger partial charge on any atom is 0.336 e. The summed E-state index contributed by atoms with van der Waals surface area (Å²) in [6, 6.07) is 7.24. The van der Waals surface area contributed by atoms with Gasteiger partial charge in [-0.2, -0.15) is 0 Å². The number of para-hydroxylation sites is 1. The molecule has 0 spiro atoms. The van der Waals surface area contributed by atoms with Crippen molar-refractivity contribution in [3.8, 4) is 0 Å². The lowest BCUT2D eigenvalue weighted by Crippen LogP contribution is -2.03.